The highest BCUT2D eigenvalue weighted by atomic mass is 32.2. The Labute approximate surface area is 110 Å². The molecule has 0 aliphatic rings. The first-order valence-corrected chi connectivity index (χ1v) is 7.41. The number of aliphatic hydroxyl groups is 1. The number of hydrogen-bond donors (Lipinski definition) is 1. The summed E-state index contributed by atoms with van der Waals surface area (Å²) in [4.78, 5) is 0.0355. The van der Waals surface area contributed by atoms with Crippen LogP contribution in [0.4, 0.5) is 4.39 Å². The van der Waals surface area contributed by atoms with Crippen molar-refractivity contribution in [2.75, 3.05) is 6.26 Å². The van der Waals surface area contributed by atoms with E-state index in [0.717, 1.165) is 6.26 Å². The molecule has 2 aromatic rings. The SMILES string of the molecule is CC(O)c1c(F)cccc1-n1cc(S(C)(=O)=O)cn1. The van der Waals surface area contributed by atoms with Gasteiger partial charge in [0, 0.05) is 18.0 Å². The van der Waals surface area contributed by atoms with Gasteiger partial charge in [-0.25, -0.2) is 17.5 Å². The quantitative estimate of drug-likeness (QED) is 0.926. The molecule has 0 amide bonds. The molecule has 0 radical (unpaired) electrons. The highest BCUT2D eigenvalue weighted by molar-refractivity contribution is 7.90. The largest absolute Gasteiger partial charge is 0.389 e. The van der Waals surface area contributed by atoms with Crippen molar-refractivity contribution in [2.45, 2.75) is 17.9 Å². The van der Waals surface area contributed by atoms with Crippen LogP contribution in [-0.2, 0) is 9.84 Å². The normalized spacial score (nSPS) is 13.5. The van der Waals surface area contributed by atoms with E-state index in [2.05, 4.69) is 5.10 Å². The van der Waals surface area contributed by atoms with Crippen molar-refractivity contribution in [1.29, 1.82) is 0 Å². The predicted octanol–water partition coefficient (Wildman–Crippen LogP) is 1.47. The molecule has 1 heterocycles. The molecule has 2 rings (SSSR count). The third-order valence-electron chi connectivity index (χ3n) is 2.68. The van der Waals surface area contributed by atoms with Gasteiger partial charge in [0.15, 0.2) is 9.84 Å². The molecule has 0 saturated heterocycles. The molecule has 1 N–H and O–H groups in total. The Morgan fingerprint density at radius 1 is 1.42 bits per heavy atom. The van der Waals surface area contributed by atoms with E-state index in [1.807, 2.05) is 0 Å². The summed E-state index contributed by atoms with van der Waals surface area (Å²) in [7, 11) is -3.37. The lowest BCUT2D eigenvalue weighted by atomic mass is 10.1. The zero-order chi connectivity index (χ0) is 14.2. The van der Waals surface area contributed by atoms with Crippen LogP contribution in [0.15, 0.2) is 35.5 Å². The molecule has 0 fully saturated rings. The zero-order valence-electron chi connectivity index (χ0n) is 10.4. The summed E-state index contributed by atoms with van der Waals surface area (Å²) >= 11 is 0. The molecule has 0 spiro atoms. The first kappa shape index (κ1) is 13.7. The van der Waals surface area contributed by atoms with Crippen LogP contribution in [-0.4, -0.2) is 29.6 Å². The van der Waals surface area contributed by atoms with Crippen LogP contribution >= 0.6 is 0 Å². The minimum absolute atomic E-state index is 0.0355. The lowest BCUT2D eigenvalue weighted by Gasteiger charge is -2.12. The second-order valence-corrected chi connectivity index (χ2v) is 6.26. The molecule has 0 aliphatic heterocycles. The van der Waals surface area contributed by atoms with Crippen molar-refractivity contribution in [3.8, 4) is 5.69 Å². The fourth-order valence-electron chi connectivity index (χ4n) is 1.77. The molecular formula is C12H13FN2O3S. The van der Waals surface area contributed by atoms with E-state index in [-0.39, 0.29) is 10.5 Å². The maximum atomic E-state index is 13.7. The van der Waals surface area contributed by atoms with Crippen molar-refractivity contribution >= 4 is 9.84 Å². The third kappa shape index (κ3) is 2.66. The molecule has 5 nitrogen and oxygen atoms in total. The Balaban J connectivity index is 2.60. The van der Waals surface area contributed by atoms with Gasteiger partial charge in [0.1, 0.15) is 10.7 Å². The predicted molar refractivity (Wildman–Crippen MR) is 67.3 cm³/mol. The van der Waals surface area contributed by atoms with Gasteiger partial charge in [-0.2, -0.15) is 5.10 Å². The van der Waals surface area contributed by atoms with Crippen molar-refractivity contribution in [2.24, 2.45) is 0 Å². The number of benzene rings is 1. The van der Waals surface area contributed by atoms with E-state index in [1.165, 1.54) is 36.1 Å². The average Bonchev–Trinajstić information content (AvgIpc) is 2.76. The Hall–Kier alpha value is -1.73. The topological polar surface area (TPSA) is 72.2 Å². The Kier molecular flexibility index (Phi) is 3.42. The summed E-state index contributed by atoms with van der Waals surface area (Å²) in [5, 5.41) is 13.5. The van der Waals surface area contributed by atoms with E-state index >= 15 is 0 Å². The fourth-order valence-corrected chi connectivity index (χ4v) is 2.30. The molecule has 1 aromatic heterocycles. The molecule has 7 heteroatoms. The lowest BCUT2D eigenvalue weighted by molar-refractivity contribution is 0.194. The smallest absolute Gasteiger partial charge is 0.178 e. The van der Waals surface area contributed by atoms with E-state index < -0.39 is 21.8 Å². The highest BCUT2D eigenvalue weighted by Crippen LogP contribution is 2.24. The number of halogens is 1. The maximum Gasteiger partial charge on any atom is 0.178 e. The van der Waals surface area contributed by atoms with Gasteiger partial charge in [-0.15, -0.1) is 0 Å². The second kappa shape index (κ2) is 4.75. The third-order valence-corrected chi connectivity index (χ3v) is 3.75. The van der Waals surface area contributed by atoms with E-state index in [9.17, 15) is 17.9 Å². The Morgan fingerprint density at radius 2 is 2.11 bits per heavy atom. The molecule has 1 unspecified atom stereocenters. The van der Waals surface area contributed by atoms with E-state index in [4.69, 9.17) is 0 Å². The maximum absolute atomic E-state index is 13.7. The molecule has 0 bridgehead atoms. The molecule has 1 aromatic carbocycles. The van der Waals surface area contributed by atoms with Crippen LogP contribution in [0, 0.1) is 5.82 Å². The van der Waals surface area contributed by atoms with Crippen LogP contribution in [0.3, 0.4) is 0 Å². The minimum Gasteiger partial charge on any atom is -0.389 e. The van der Waals surface area contributed by atoms with Gasteiger partial charge in [-0.05, 0) is 19.1 Å². The summed E-state index contributed by atoms with van der Waals surface area (Å²) in [6, 6.07) is 4.26. The second-order valence-electron chi connectivity index (χ2n) is 4.24. The minimum atomic E-state index is -3.37. The van der Waals surface area contributed by atoms with Crippen molar-refractivity contribution in [3.63, 3.8) is 0 Å². The standard InChI is InChI=1S/C12H13FN2O3S/c1-8(16)12-10(13)4-3-5-11(12)15-7-9(6-14-15)19(2,17)18/h3-8,16H,1-2H3. The average molecular weight is 284 g/mol. The molecular weight excluding hydrogens is 271 g/mol. The summed E-state index contributed by atoms with van der Waals surface area (Å²) < 4.78 is 37.7. The fraction of sp³-hybridized carbons (Fsp3) is 0.250. The van der Waals surface area contributed by atoms with Crippen LogP contribution in [0.25, 0.3) is 5.69 Å². The molecule has 0 aliphatic carbocycles. The van der Waals surface area contributed by atoms with Crippen molar-refractivity contribution < 1.29 is 17.9 Å². The van der Waals surface area contributed by atoms with Crippen LogP contribution < -0.4 is 0 Å². The molecule has 1 atom stereocenters. The number of hydrogen-bond acceptors (Lipinski definition) is 4. The number of sulfone groups is 1. The van der Waals surface area contributed by atoms with Crippen molar-refractivity contribution in [1.82, 2.24) is 9.78 Å². The van der Waals surface area contributed by atoms with Crippen molar-refractivity contribution in [3.05, 3.63) is 42.0 Å². The number of rotatable bonds is 3. The van der Waals surface area contributed by atoms with E-state index in [1.54, 1.807) is 6.07 Å². The Morgan fingerprint density at radius 3 is 2.63 bits per heavy atom. The molecule has 102 valence electrons. The van der Waals surface area contributed by atoms with Gasteiger partial charge >= 0.3 is 0 Å². The zero-order valence-corrected chi connectivity index (χ0v) is 11.2. The molecule has 19 heavy (non-hydrogen) atoms. The first-order chi connectivity index (χ1) is 8.80. The van der Waals surface area contributed by atoms with Gasteiger partial charge in [-0.1, -0.05) is 6.07 Å². The van der Waals surface area contributed by atoms with Gasteiger partial charge in [-0.3, -0.25) is 0 Å². The highest BCUT2D eigenvalue weighted by Gasteiger charge is 2.17. The number of nitrogens with zero attached hydrogens (tertiary/aromatic N) is 2. The van der Waals surface area contributed by atoms with Gasteiger partial charge in [0.05, 0.1) is 18.0 Å². The summed E-state index contributed by atoms with van der Waals surface area (Å²) in [6.07, 6.45) is 2.51. The van der Waals surface area contributed by atoms with Gasteiger partial charge < -0.3 is 5.11 Å². The first-order valence-electron chi connectivity index (χ1n) is 5.52. The summed E-state index contributed by atoms with van der Waals surface area (Å²) in [6.45, 7) is 1.43. The van der Waals surface area contributed by atoms with Crippen LogP contribution in [0.5, 0.6) is 0 Å². The number of aliphatic hydroxyl groups excluding tert-OH is 1. The lowest BCUT2D eigenvalue weighted by Crippen LogP contribution is -2.05. The van der Waals surface area contributed by atoms with Crippen LogP contribution in [0.1, 0.15) is 18.6 Å². The number of aromatic nitrogens is 2. The van der Waals surface area contributed by atoms with Crippen LogP contribution in [0.2, 0.25) is 0 Å². The van der Waals surface area contributed by atoms with E-state index in [0.29, 0.717) is 5.69 Å². The summed E-state index contributed by atoms with van der Waals surface area (Å²) in [5.41, 5.74) is 0.385. The molecule has 0 saturated carbocycles. The summed E-state index contributed by atoms with van der Waals surface area (Å²) in [5.74, 6) is -0.566. The monoisotopic (exact) mass is 284 g/mol. The Bertz CT molecular complexity index is 708. The van der Waals surface area contributed by atoms with Gasteiger partial charge in [0.2, 0.25) is 0 Å². The van der Waals surface area contributed by atoms with Gasteiger partial charge in [0.25, 0.3) is 0 Å².